The second-order valence-electron chi connectivity index (χ2n) is 7.96. The molecule has 7 nitrogen and oxygen atoms in total. The van der Waals surface area contributed by atoms with E-state index in [1.54, 1.807) is 16.2 Å². The fourth-order valence-corrected chi connectivity index (χ4v) is 5.04. The maximum absolute atomic E-state index is 12.6. The average Bonchev–Trinajstić information content (AvgIpc) is 3.17. The maximum atomic E-state index is 12.6. The standard InChI is InChI=1S/C17H24N4O3S/c1-10(2)13-18-19-16(25-13)21-7-12-6-20(14(22)11-4-3-5-11)8-17(12,9-21)15(23)24/h10-12H,3-9H2,1-2H3,(H,23,24)/t12-,17-/m0/s1. The Morgan fingerprint density at radius 1 is 1.24 bits per heavy atom. The van der Waals surface area contributed by atoms with Crippen LogP contribution in [0.25, 0.3) is 0 Å². The van der Waals surface area contributed by atoms with E-state index in [1.807, 2.05) is 4.90 Å². The minimum Gasteiger partial charge on any atom is -0.481 e. The van der Waals surface area contributed by atoms with Gasteiger partial charge >= 0.3 is 5.97 Å². The van der Waals surface area contributed by atoms with Gasteiger partial charge in [-0.25, -0.2) is 0 Å². The van der Waals surface area contributed by atoms with Gasteiger partial charge in [0.1, 0.15) is 10.4 Å². The lowest BCUT2D eigenvalue weighted by Crippen LogP contribution is -2.44. The van der Waals surface area contributed by atoms with Gasteiger partial charge in [0.05, 0.1) is 0 Å². The summed E-state index contributed by atoms with van der Waals surface area (Å²) < 4.78 is 0. The molecule has 1 aliphatic carbocycles. The van der Waals surface area contributed by atoms with Crippen LogP contribution in [-0.4, -0.2) is 58.3 Å². The van der Waals surface area contributed by atoms with Crippen molar-refractivity contribution in [3.05, 3.63) is 5.01 Å². The molecule has 3 aliphatic rings. The highest BCUT2D eigenvalue weighted by atomic mass is 32.1. The zero-order chi connectivity index (χ0) is 17.8. The summed E-state index contributed by atoms with van der Waals surface area (Å²) in [7, 11) is 0. The number of carboxylic acids is 1. The number of carbonyl (C=O) groups is 2. The van der Waals surface area contributed by atoms with Gasteiger partial charge in [-0.05, 0) is 12.8 Å². The molecule has 1 aromatic heterocycles. The molecule has 3 fully saturated rings. The van der Waals surface area contributed by atoms with E-state index in [-0.39, 0.29) is 17.7 Å². The number of hydrogen-bond acceptors (Lipinski definition) is 6. The number of anilines is 1. The zero-order valence-electron chi connectivity index (χ0n) is 14.6. The molecule has 1 N–H and O–H groups in total. The van der Waals surface area contributed by atoms with Gasteiger partial charge in [0.15, 0.2) is 0 Å². The van der Waals surface area contributed by atoms with Crippen LogP contribution in [0.15, 0.2) is 0 Å². The van der Waals surface area contributed by atoms with Crippen molar-refractivity contribution in [1.29, 1.82) is 0 Å². The van der Waals surface area contributed by atoms with Crippen LogP contribution in [0.2, 0.25) is 0 Å². The molecule has 1 amide bonds. The summed E-state index contributed by atoms with van der Waals surface area (Å²) >= 11 is 1.54. The first-order valence-electron chi connectivity index (χ1n) is 9.01. The number of carboxylic acid groups (broad SMARTS) is 1. The SMILES string of the molecule is CC(C)c1nnc(N2C[C@@H]3CN(C(=O)C4CCC4)C[C@]3(C(=O)O)C2)s1. The predicted molar refractivity (Wildman–Crippen MR) is 93.7 cm³/mol. The molecule has 136 valence electrons. The van der Waals surface area contributed by atoms with E-state index >= 15 is 0 Å². The number of aromatic nitrogens is 2. The highest BCUT2D eigenvalue weighted by molar-refractivity contribution is 7.15. The third-order valence-electron chi connectivity index (χ3n) is 6.00. The molecule has 2 saturated heterocycles. The quantitative estimate of drug-likeness (QED) is 0.877. The lowest BCUT2D eigenvalue weighted by atomic mass is 9.81. The van der Waals surface area contributed by atoms with Crippen LogP contribution in [-0.2, 0) is 9.59 Å². The summed E-state index contributed by atoms with van der Waals surface area (Å²) in [6, 6.07) is 0. The number of aliphatic carboxylic acids is 1. The predicted octanol–water partition coefficient (Wildman–Crippen LogP) is 1.81. The summed E-state index contributed by atoms with van der Waals surface area (Å²) in [5.74, 6) is -0.237. The average molecular weight is 364 g/mol. The van der Waals surface area contributed by atoms with Crippen molar-refractivity contribution in [3.8, 4) is 0 Å². The van der Waals surface area contributed by atoms with Gasteiger partial charge in [-0.1, -0.05) is 31.6 Å². The number of nitrogens with zero attached hydrogens (tertiary/aromatic N) is 4. The molecule has 2 atom stereocenters. The third-order valence-corrected chi connectivity index (χ3v) is 7.28. The normalized spacial score (nSPS) is 29.2. The van der Waals surface area contributed by atoms with Crippen LogP contribution >= 0.6 is 11.3 Å². The second-order valence-corrected chi connectivity index (χ2v) is 8.95. The Morgan fingerprint density at radius 2 is 2.00 bits per heavy atom. The second kappa shape index (κ2) is 5.93. The van der Waals surface area contributed by atoms with Gasteiger partial charge in [-0.2, -0.15) is 0 Å². The third kappa shape index (κ3) is 2.61. The molecule has 4 rings (SSSR count). The van der Waals surface area contributed by atoms with Crippen LogP contribution in [0.4, 0.5) is 5.13 Å². The van der Waals surface area contributed by atoms with Crippen LogP contribution in [0.3, 0.4) is 0 Å². The van der Waals surface area contributed by atoms with E-state index in [9.17, 15) is 14.7 Å². The molecular weight excluding hydrogens is 340 g/mol. The molecular formula is C17H24N4O3S. The van der Waals surface area contributed by atoms with Gasteiger partial charge in [-0.15, -0.1) is 10.2 Å². The largest absolute Gasteiger partial charge is 0.481 e. The summed E-state index contributed by atoms with van der Waals surface area (Å²) in [5.41, 5.74) is -0.872. The molecule has 2 aliphatic heterocycles. The topological polar surface area (TPSA) is 86.6 Å². The Hall–Kier alpha value is -1.70. The van der Waals surface area contributed by atoms with Gasteiger partial charge < -0.3 is 14.9 Å². The lowest BCUT2D eigenvalue weighted by molar-refractivity contribution is -0.149. The molecule has 1 saturated carbocycles. The number of rotatable bonds is 4. The molecule has 0 spiro atoms. The number of hydrogen-bond donors (Lipinski definition) is 1. The zero-order valence-corrected chi connectivity index (χ0v) is 15.5. The Morgan fingerprint density at radius 3 is 2.52 bits per heavy atom. The van der Waals surface area contributed by atoms with Crippen molar-refractivity contribution in [2.24, 2.45) is 17.3 Å². The monoisotopic (exact) mass is 364 g/mol. The van der Waals surface area contributed by atoms with Crippen LogP contribution in [0.5, 0.6) is 0 Å². The number of likely N-dealkylation sites (tertiary alicyclic amines) is 1. The smallest absolute Gasteiger partial charge is 0.313 e. The Labute approximate surface area is 151 Å². The van der Waals surface area contributed by atoms with E-state index in [0.29, 0.717) is 32.1 Å². The minimum atomic E-state index is -0.872. The molecule has 8 heteroatoms. The van der Waals surface area contributed by atoms with Crippen LogP contribution in [0, 0.1) is 17.3 Å². The molecule has 0 aromatic carbocycles. The van der Waals surface area contributed by atoms with Crippen molar-refractivity contribution < 1.29 is 14.7 Å². The van der Waals surface area contributed by atoms with Crippen molar-refractivity contribution in [2.45, 2.75) is 39.0 Å². The van der Waals surface area contributed by atoms with E-state index < -0.39 is 11.4 Å². The number of fused-ring (bicyclic) bond motifs is 1. The summed E-state index contributed by atoms with van der Waals surface area (Å²) in [6.07, 6.45) is 3.02. The summed E-state index contributed by atoms with van der Waals surface area (Å²) in [6.45, 7) is 6.07. The fourth-order valence-electron chi connectivity index (χ4n) is 4.18. The number of carbonyl (C=O) groups excluding carboxylic acids is 1. The van der Waals surface area contributed by atoms with Crippen molar-refractivity contribution in [2.75, 3.05) is 31.1 Å². The molecule has 1 aromatic rings. The minimum absolute atomic E-state index is 0.0413. The number of amides is 1. The van der Waals surface area contributed by atoms with Crippen LogP contribution < -0.4 is 4.90 Å². The van der Waals surface area contributed by atoms with Crippen LogP contribution in [0.1, 0.15) is 44.0 Å². The van der Waals surface area contributed by atoms with E-state index in [1.165, 1.54) is 0 Å². The van der Waals surface area contributed by atoms with Crippen molar-refractivity contribution in [1.82, 2.24) is 15.1 Å². The van der Waals surface area contributed by atoms with Gasteiger partial charge in [0.25, 0.3) is 0 Å². The molecule has 25 heavy (non-hydrogen) atoms. The Bertz CT molecular complexity index is 702. The van der Waals surface area contributed by atoms with Crippen molar-refractivity contribution in [3.63, 3.8) is 0 Å². The molecule has 0 radical (unpaired) electrons. The highest BCUT2D eigenvalue weighted by Gasteiger charge is 2.59. The fraction of sp³-hybridized carbons (Fsp3) is 0.765. The van der Waals surface area contributed by atoms with Gasteiger partial charge in [-0.3, -0.25) is 9.59 Å². The first-order chi connectivity index (χ1) is 11.9. The van der Waals surface area contributed by atoms with E-state index in [0.717, 1.165) is 29.4 Å². The molecule has 3 heterocycles. The highest BCUT2D eigenvalue weighted by Crippen LogP contribution is 2.46. The van der Waals surface area contributed by atoms with E-state index in [2.05, 4.69) is 24.0 Å². The Kier molecular flexibility index (Phi) is 3.97. The molecule has 0 bridgehead atoms. The van der Waals surface area contributed by atoms with Gasteiger partial charge in [0, 0.05) is 43.9 Å². The first-order valence-corrected chi connectivity index (χ1v) is 9.83. The Balaban J connectivity index is 1.52. The lowest BCUT2D eigenvalue weighted by Gasteiger charge is -2.31. The summed E-state index contributed by atoms with van der Waals surface area (Å²) in [5, 5.41) is 20.2. The van der Waals surface area contributed by atoms with Crippen molar-refractivity contribution >= 4 is 28.3 Å². The maximum Gasteiger partial charge on any atom is 0.313 e. The van der Waals surface area contributed by atoms with Gasteiger partial charge in [0.2, 0.25) is 11.0 Å². The summed E-state index contributed by atoms with van der Waals surface area (Å²) in [4.78, 5) is 28.5. The first kappa shape index (κ1) is 16.8. The van der Waals surface area contributed by atoms with E-state index in [4.69, 9.17) is 0 Å². The molecule has 0 unspecified atom stereocenters.